The Morgan fingerprint density at radius 1 is 1.37 bits per heavy atom. The number of amides is 1. The number of hydrogen-bond acceptors (Lipinski definition) is 7. The van der Waals surface area contributed by atoms with Crippen LogP contribution in [0.4, 0.5) is 0 Å². The number of furan rings is 1. The highest BCUT2D eigenvalue weighted by Gasteiger charge is 2.63. The first kappa shape index (κ1) is 16.4. The van der Waals surface area contributed by atoms with Gasteiger partial charge in [0.25, 0.3) is 5.91 Å². The van der Waals surface area contributed by atoms with Crippen LogP contribution in [-0.4, -0.2) is 38.7 Å². The van der Waals surface area contributed by atoms with Gasteiger partial charge in [-0.05, 0) is 18.9 Å². The maximum atomic E-state index is 13.1. The molecule has 2 atom stereocenters. The van der Waals surface area contributed by atoms with Gasteiger partial charge in [0.1, 0.15) is 24.7 Å². The van der Waals surface area contributed by atoms with Gasteiger partial charge in [-0.15, -0.1) is 0 Å². The van der Waals surface area contributed by atoms with E-state index < -0.39 is 5.60 Å². The number of ether oxygens (including phenoxy) is 2. The van der Waals surface area contributed by atoms with E-state index in [1.165, 1.54) is 6.26 Å². The fraction of sp³-hybridized carbons (Fsp3) is 0.474. The summed E-state index contributed by atoms with van der Waals surface area (Å²) >= 11 is 0. The lowest BCUT2D eigenvalue weighted by molar-refractivity contribution is -0.178. The molecule has 0 bridgehead atoms. The van der Waals surface area contributed by atoms with Gasteiger partial charge in [-0.25, -0.2) is 0 Å². The summed E-state index contributed by atoms with van der Waals surface area (Å²) in [6.07, 6.45) is 8.88. The van der Waals surface area contributed by atoms with Crippen LogP contribution in [0.3, 0.4) is 0 Å². The summed E-state index contributed by atoms with van der Waals surface area (Å²) < 4.78 is 17.2. The fourth-order valence-corrected chi connectivity index (χ4v) is 4.30. The number of nitrogens with zero attached hydrogens (tertiary/aromatic N) is 4. The fourth-order valence-electron chi connectivity index (χ4n) is 4.30. The molecule has 8 heteroatoms. The van der Waals surface area contributed by atoms with Gasteiger partial charge in [-0.1, -0.05) is 0 Å². The number of fused-ring (bicyclic) bond motifs is 1. The van der Waals surface area contributed by atoms with Gasteiger partial charge >= 0.3 is 0 Å². The molecule has 1 unspecified atom stereocenters. The first-order valence-electron chi connectivity index (χ1n) is 9.05. The predicted octanol–water partition coefficient (Wildman–Crippen LogP) is 2.08. The molecule has 1 aliphatic carbocycles. The highest BCUT2D eigenvalue weighted by atomic mass is 16.6. The Balaban J connectivity index is 1.23. The summed E-state index contributed by atoms with van der Waals surface area (Å²) in [5.74, 6) is 0.539. The number of nitriles is 1. The average Bonchev–Trinajstić information content (AvgIpc) is 3.35. The lowest BCUT2D eigenvalue weighted by Crippen LogP contribution is -2.54. The van der Waals surface area contributed by atoms with Crippen LogP contribution in [0.1, 0.15) is 48.7 Å². The summed E-state index contributed by atoms with van der Waals surface area (Å²) in [6, 6.07) is 3.61. The van der Waals surface area contributed by atoms with Crippen LogP contribution in [0.2, 0.25) is 0 Å². The van der Waals surface area contributed by atoms with Crippen LogP contribution in [0, 0.1) is 11.3 Å². The predicted molar refractivity (Wildman–Crippen MR) is 89.7 cm³/mol. The van der Waals surface area contributed by atoms with E-state index in [9.17, 15) is 4.79 Å². The number of hydrogen-bond donors (Lipinski definition) is 0. The second-order valence-electron chi connectivity index (χ2n) is 7.21. The molecule has 2 aromatic rings. The molecule has 1 amide bonds. The molecule has 27 heavy (non-hydrogen) atoms. The maximum absolute atomic E-state index is 13.1. The van der Waals surface area contributed by atoms with Crippen molar-refractivity contribution < 1.29 is 18.7 Å². The van der Waals surface area contributed by atoms with Gasteiger partial charge < -0.3 is 18.8 Å². The Morgan fingerprint density at radius 3 is 3.04 bits per heavy atom. The topological polar surface area (TPSA) is 101 Å². The molecule has 4 heterocycles. The van der Waals surface area contributed by atoms with E-state index in [1.54, 1.807) is 24.7 Å². The first-order chi connectivity index (χ1) is 13.2. The summed E-state index contributed by atoms with van der Waals surface area (Å²) in [7, 11) is 0. The number of carbonyl (C=O) groups is 1. The Labute approximate surface area is 155 Å². The van der Waals surface area contributed by atoms with Crippen molar-refractivity contribution in [2.75, 3.05) is 0 Å². The molecule has 2 aliphatic heterocycles. The van der Waals surface area contributed by atoms with E-state index in [4.69, 9.17) is 19.2 Å². The van der Waals surface area contributed by atoms with E-state index in [1.807, 2.05) is 4.90 Å². The van der Waals surface area contributed by atoms with Gasteiger partial charge in [-0.2, -0.15) is 5.26 Å². The summed E-state index contributed by atoms with van der Waals surface area (Å²) in [5, 5.41) is 9.01. The van der Waals surface area contributed by atoms with E-state index in [0.29, 0.717) is 24.2 Å². The van der Waals surface area contributed by atoms with Crippen molar-refractivity contribution >= 4 is 5.91 Å². The molecule has 0 N–H and O–H groups in total. The first-order valence-corrected chi connectivity index (χ1v) is 9.05. The average molecular weight is 366 g/mol. The number of carbonyl (C=O) groups excluding carboxylic acids is 1. The highest BCUT2D eigenvalue weighted by Crippen LogP contribution is 2.51. The SMILES string of the molecule is N#Cc1ccoc1COC1CC2(C1)OC1CC[C@@H](c3cnccn3)N1C2=O. The third-order valence-corrected chi connectivity index (χ3v) is 5.67. The second kappa shape index (κ2) is 6.15. The standard InChI is InChI=1S/C19H18N4O4/c20-9-12-3-6-25-16(12)11-26-13-7-19(8-13)18(24)23-15(1-2-17(23)27-19)14-10-21-4-5-22-14/h3-6,10,13,15,17H,1-2,7-8,11H2/t13?,15-,17?,19?/m0/s1. The zero-order valence-electron chi connectivity index (χ0n) is 14.6. The third-order valence-electron chi connectivity index (χ3n) is 5.67. The van der Waals surface area contributed by atoms with E-state index in [0.717, 1.165) is 18.5 Å². The monoisotopic (exact) mass is 366 g/mol. The smallest absolute Gasteiger partial charge is 0.257 e. The van der Waals surface area contributed by atoms with Crippen molar-refractivity contribution in [2.24, 2.45) is 0 Å². The van der Waals surface area contributed by atoms with Crippen LogP contribution < -0.4 is 0 Å². The van der Waals surface area contributed by atoms with Crippen molar-refractivity contribution in [3.05, 3.63) is 47.9 Å². The molecule has 5 rings (SSSR count). The molecular weight excluding hydrogens is 348 g/mol. The summed E-state index contributed by atoms with van der Waals surface area (Å²) in [4.78, 5) is 23.4. The zero-order chi connectivity index (χ0) is 18.4. The Morgan fingerprint density at radius 2 is 2.26 bits per heavy atom. The molecule has 2 saturated heterocycles. The second-order valence-corrected chi connectivity index (χ2v) is 7.21. The van der Waals surface area contributed by atoms with Crippen molar-refractivity contribution in [3.63, 3.8) is 0 Å². The molecule has 3 aliphatic rings. The van der Waals surface area contributed by atoms with Gasteiger partial charge in [0.05, 0.1) is 35.9 Å². The van der Waals surface area contributed by atoms with E-state index >= 15 is 0 Å². The van der Waals surface area contributed by atoms with Gasteiger partial charge in [0, 0.05) is 25.2 Å². The Kier molecular flexibility index (Phi) is 3.74. The zero-order valence-corrected chi connectivity index (χ0v) is 14.6. The normalized spacial score (nSPS) is 31.7. The molecule has 1 spiro atoms. The van der Waals surface area contributed by atoms with Gasteiger partial charge in [0.15, 0.2) is 5.60 Å². The number of rotatable bonds is 4. The Hall–Kier alpha value is -2.76. The van der Waals surface area contributed by atoms with Crippen LogP contribution in [0.5, 0.6) is 0 Å². The van der Waals surface area contributed by atoms with Crippen molar-refractivity contribution in [3.8, 4) is 6.07 Å². The molecule has 2 aromatic heterocycles. The molecule has 138 valence electrons. The summed E-state index contributed by atoms with van der Waals surface area (Å²) in [5.41, 5.74) is 0.505. The van der Waals surface area contributed by atoms with Gasteiger partial charge in [0.2, 0.25) is 0 Å². The van der Waals surface area contributed by atoms with Crippen LogP contribution >= 0.6 is 0 Å². The lowest BCUT2D eigenvalue weighted by Gasteiger charge is -2.42. The largest absolute Gasteiger partial charge is 0.465 e. The molecule has 8 nitrogen and oxygen atoms in total. The molecule has 0 radical (unpaired) electrons. The van der Waals surface area contributed by atoms with E-state index in [2.05, 4.69) is 16.0 Å². The molecule has 1 saturated carbocycles. The summed E-state index contributed by atoms with van der Waals surface area (Å²) in [6.45, 7) is 0.222. The minimum Gasteiger partial charge on any atom is -0.465 e. The van der Waals surface area contributed by atoms with Crippen LogP contribution in [0.15, 0.2) is 35.3 Å². The van der Waals surface area contributed by atoms with Crippen molar-refractivity contribution in [1.29, 1.82) is 5.26 Å². The van der Waals surface area contributed by atoms with Crippen LogP contribution in [0.25, 0.3) is 0 Å². The van der Waals surface area contributed by atoms with Crippen molar-refractivity contribution in [1.82, 2.24) is 14.9 Å². The molecule has 0 aromatic carbocycles. The molecule has 3 fully saturated rings. The number of aromatic nitrogens is 2. The van der Waals surface area contributed by atoms with Crippen LogP contribution in [-0.2, 0) is 20.9 Å². The highest BCUT2D eigenvalue weighted by molar-refractivity contribution is 5.89. The maximum Gasteiger partial charge on any atom is 0.257 e. The van der Waals surface area contributed by atoms with Crippen molar-refractivity contribution in [2.45, 2.75) is 56.3 Å². The minimum absolute atomic E-state index is 0.0243. The third kappa shape index (κ3) is 2.54. The Bertz CT molecular complexity index is 900. The quantitative estimate of drug-likeness (QED) is 0.816. The minimum atomic E-state index is -0.780. The van der Waals surface area contributed by atoms with Gasteiger partial charge in [-0.3, -0.25) is 14.8 Å². The lowest BCUT2D eigenvalue weighted by atomic mass is 9.76. The molecular formula is C19H18N4O4. The van der Waals surface area contributed by atoms with E-state index in [-0.39, 0.29) is 30.9 Å².